The van der Waals surface area contributed by atoms with Crippen LogP contribution in [0.5, 0.6) is 0 Å². The highest BCUT2D eigenvalue weighted by Crippen LogP contribution is 2.26. The molecule has 0 atom stereocenters. The average molecular weight is 287 g/mol. The molecular weight excluding hydrogens is 274 g/mol. The number of hydrogen-bond acceptors (Lipinski definition) is 5. The molecule has 0 amide bonds. The predicted octanol–water partition coefficient (Wildman–Crippen LogP) is 3.42. The summed E-state index contributed by atoms with van der Waals surface area (Å²) in [5.74, 6) is 0. The normalized spacial score (nSPS) is 10.1. The second-order valence-electron chi connectivity index (χ2n) is 4.45. The topological polar surface area (TPSA) is 98.3 Å². The molecule has 2 aromatic carbocycles. The van der Waals surface area contributed by atoms with Crippen LogP contribution in [0.1, 0.15) is 11.1 Å². The van der Waals surface area contributed by atoms with E-state index in [1.54, 1.807) is 37.3 Å². The van der Waals surface area contributed by atoms with Crippen LogP contribution in [0, 0.1) is 27.2 Å². The summed E-state index contributed by atoms with van der Waals surface area (Å²) in [4.78, 5) is 20.9. The molecule has 0 heterocycles. The largest absolute Gasteiger partial charge is 0.375 e. The summed E-state index contributed by atoms with van der Waals surface area (Å²) < 4.78 is 0. The molecule has 2 rings (SSSR count). The first-order valence-electron chi connectivity index (χ1n) is 6.21. The zero-order valence-electron chi connectivity index (χ0n) is 11.3. The Hall–Kier alpha value is -2.96. The number of anilines is 1. The second-order valence-corrected chi connectivity index (χ2v) is 4.45. The lowest BCUT2D eigenvalue weighted by Gasteiger charge is -2.09. The lowest BCUT2D eigenvalue weighted by atomic mass is 10.1. The van der Waals surface area contributed by atoms with Gasteiger partial charge in [0.2, 0.25) is 0 Å². The molecule has 0 radical (unpaired) electrons. The Morgan fingerprint density at radius 3 is 2.24 bits per heavy atom. The van der Waals surface area contributed by atoms with Crippen LogP contribution in [0.2, 0.25) is 0 Å². The third kappa shape index (κ3) is 3.14. The molecule has 1 N–H and O–H groups in total. The number of benzene rings is 2. The van der Waals surface area contributed by atoms with Gasteiger partial charge in [0.05, 0.1) is 9.85 Å². The van der Waals surface area contributed by atoms with E-state index in [9.17, 15) is 20.2 Å². The number of para-hydroxylation sites is 2. The first-order chi connectivity index (χ1) is 10.0. The van der Waals surface area contributed by atoms with E-state index in [0.29, 0.717) is 11.3 Å². The van der Waals surface area contributed by atoms with Crippen molar-refractivity contribution in [1.82, 2.24) is 0 Å². The van der Waals surface area contributed by atoms with Gasteiger partial charge in [-0.25, -0.2) is 0 Å². The minimum absolute atomic E-state index is 0.0272. The molecule has 0 aliphatic heterocycles. The van der Waals surface area contributed by atoms with Gasteiger partial charge in [0, 0.05) is 24.2 Å². The van der Waals surface area contributed by atoms with Crippen LogP contribution in [0.4, 0.5) is 17.1 Å². The first-order valence-corrected chi connectivity index (χ1v) is 6.21. The van der Waals surface area contributed by atoms with E-state index in [2.05, 4.69) is 5.32 Å². The van der Waals surface area contributed by atoms with Gasteiger partial charge in [-0.15, -0.1) is 0 Å². The molecule has 0 fully saturated rings. The highest BCUT2D eigenvalue weighted by molar-refractivity contribution is 5.61. The molecule has 0 unspecified atom stereocenters. The van der Waals surface area contributed by atoms with Gasteiger partial charge in [-0.1, -0.05) is 24.3 Å². The Morgan fingerprint density at radius 2 is 1.57 bits per heavy atom. The molecular formula is C14H13N3O4. The smallest absolute Gasteiger partial charge is 0.292 e. The Kier molecular flexibility index (Phi) is 4.13. The Labute approximate surface area is 120 Å². The Morgan fingerprint density at radius 1 is 0.952 bits per heavy atom. The van der Waals surface area contributed by atoms with Crippen molar-refractivity contribution in [3.05, 3.63) is 73.8 Å². The van der Waals surface area contributed by atoms with Gasteiger partial charge in [-0.3, -0.25) is 20.2 Å². The maximum Gasteiger partial charge on any atom is 0.292 e. The SMILES string of the molecule is Cc1c(CNc2ccccc2[N+](=O)[O-])cccc1[N+](=O)[O-]. The van der Waals surface area contributed by atoms with Gasteiger partial charge in [0.15, 0.2) is 0 Å². The van der Waals surface area contributed by atoms with Crippen molar-refractivity contribution in [1.29, 1.82) is 0 Å². The predicted molar refractivity (Wildman–Crippen MR) is 78.3 cm³/mol. The summed E-state index contributed by atoms with van der Waals surface area (Å²) in [6.45, 7) is 1.94. The maximum absolute atomic E-state index is 10.9. The number of hydrogen-bond donors (Lipinski definition) is 1. The lowest BCUT2D eigenvalue weighted by Crippen LogP contribution is -2.05. The van der Waals surface area contributed by atoms with E-state index in [1.807, 2.05) is 0 Å². The van der Waals surface area contributed by atoms with Crippen molar-refractivity contribution >= 4 is 17.1 Å². The van der Waals surface area contributed by atoms with Crippen molar-refractivity contribution in [3.8, 4) is 0 Å². The van der Waals surface area contributed by atoms with Crippen molar-refractivity contribution < 1.29 is 9.85 Å². The third-order valence-electron chi connectivity index (χ3n) is 3.18. The average Bonchev–Trinajstić information content (AvgIpc) is 2.46. The fourth-order valence-electron chi connectivity index (χ4n) is 2.03. The molecule has 0 aliphatic carbocycles. The van der Waals surface area contributed by atoms with Gasteiger partial charge in [0.1, 0.15) is 5.69 Å². The second kappa shape index (κ2) is 6.00. The zero-order chi connectivity index (χ0) is 15.4. The summed E-state index contributed by atoms with van der Waals surface area (Å²) in [5.41, 5.74) is 1.67. The van der Waals surface area contributed by atoms with E-state index >= 15 is 0 Å². The molecule has 0 saturated carbocycles. The molecule has 0 bridgehead atoms. The van der Waals surface area contributed by atoms with E-state index in [-0.39, 0.29) is 17.9 Å². The molecule has 21 heavy (non-hydrogen) atoms. The summed E-state index contributed by atoms with van der Waals surface area (Å²) in [6, 6.07) is 11.1. The van der Waals surface area contributed by atoms with E-state index in [0.717, 1.165) is 5.56 Å². The summed E-state index contributed by atoms with van der Waals surface area (Å²) in [5, 5.41) is 24.8. The van der Waals surface area contributed by atoms with Gasteiger partial charge >= 0.3 is 0 Å². The monoisotopic (exact) mass is 287 g/mol. The van der Waals surface area contributed by atoms with Crippen LogP contribution < -0.4 is 5.32 Å². The highest BCUT2D eigenvalue weighted by atomic mass is 16.6. The van der Waals surface area contributed by atoms with Crippen LogP contribution in [-0.4, -0.2) is 9.85 Å². The van der Waals surface area contributed by atoms with Gasteiger partial charge in [0.25, 0.3) is 11.4 Å². The van der Waals surface area contributed by atoms with Crippen LogP contribution in [0.25, 0.3) is 0 Å². The summed E-state index contributed by atoms with van der Waals surface area (Å²) in [7, 11) is 0. The molecule has 7 nitrogen and oxygen atoms in total. The Bertz CT molecular complexity index is 700. The number of nitrogens with one attached hydrogen (secondary N) is 1. The fourth-order valence-corrected chi connectivity index (χ4v) is 2.03. The standard InChI is InChI=1S/C14H13N3O4/c1-10-11(5-4-8-13(10)16(18)19)9-15-12-6-2-3-7-14(12)17(20)21/h2-8,15H,9H2,1H3. The number of nitro groups is 2. The first kappa shape index (κ1) is 14.4. The summed E-state index contributed by atoms with van der Waals surface area (Å²) >= 11 is 0. The molecule has 0 aromatic heterocycles. The fraction of sp³-hybridized carbons (Fsp3) is 0.143. The van der Waals surface area contributed by atoms with Crippen LogP contribution in [0.15, 0.2) is 42.5 Å². The van der Waals surface area contributed by atoms with E-state index in [1.165, 1.54) is 12.1 Å². The van der Waals surface area contributed by atoms with Gasteiger partial charge in [-0.2, -0.15) is 0 Å². The maximum atomic E-state index is 10.9. The minimum Gasteiger partial charge on any atom is -0.375 e. The Balaban J connectivity index is 2.23. The molecule has 0 aliphatic rings. The van der Waals surface area contributed by atoms with Crippen LogP contribution in [-0.2, 0) is 6.54 Å². The third-order valence-corrected chi connectivity index (χ3v) is 3.18. The molecule has 108 valence electrons. The number of rotatable bonds is 5. The molecule has 2 aromatic rings. The molecule has 0 spiro atoms. The van der Waals surface area contributed by atoms with E-state index in [4.69, 9.17) is 0 Å². The number of nitrogens with zero attached hydrogens (tertiary/aromatic N) is 2. The van der Waals surface area contributed by atoms with Gasteiger partial charge in [-0.05, 0) is 18.6 Å². The lowest BCUT2D eigenvalue weighted by molar-refractivity contribution is -0.385. The van der Waals surface area contributed by atoms with Crippen molar-refractivity contribution in [2.75, 3.05) is 5.32 Å². The van der Waals surface area contributed by atoms with Gasteiger partial charge < -0.3 is 5.32 Å². The van der Waals surface area contributed by atoms with Crippen molar-refractivity contribution in [2.24, 2.45) is 0 Å². The van der Waals surface area contributed by atoms with Crippen molar-refractivity contribution in [3.63, 3.8) is 0 Å². The summed E-state index contributed by atoms with van der Waals surface area (Å²) in [6.07, 6.45) is 0. The quantitative estimate of drug-likeness (QED) is 0.671. The van der Waals surface area contributed by atoms with Crippen molar-refractivity contribution in [2.45, 2.75) is 13.5 Å². The molecule has 0 saturated heterocycles. The van der Waals surface area contributed by atoms with Crippen LogP contribution >= 0.6 is 0 Å². The zero-order valence-corrected chi connectivity index (χ0v) is 11.3. The van der Waals surface area contributed by atoms with Crippen LogP contribution in [0.3, 0.4) is 0 Å². The molecule has 7 heteroatoms. The number of nitro benzene ring substituents is 2. The highest BCUT2D eigenvalue weighted by Gasteiger charge is 2.15. The minimum atomic E-state index is -0.470. The van der Waals surface area contributed by atoms with E-state index < -0.39 is 9.85 Å².